The van der Waals surface area contributed by atoms with Crippen molar-refractivity contribution in [1.82, 2.24) is 0 Å². The maximum absolute atomic E-state index is 11.5. The van der Waals surface area contributed by atoms with E-state index in [0.29, 0.717) is 22.7 Å². The quantitative estimate of drug-likeness (QED) is 0.498. The molecular formula is C21H26N2O7. The first-order valence-electron chi connectivity index (χ1n) is 8.77. The number of amides is 1. The minimum Gasteiger partial charge on any atom is -0.496 e. The Hall–Kier alpha value is -3.75. The first-order valence-corrected chi connectivity index (χ1v) is 8.77. The molecule has 0 unspecified atom stereocenters. The van der Waals surface area contributed by atoms with Gasteiger partial charge in [-0.15, -0.1) is 0 Å². The maximum atomic E-state index is 11.5. The Kier molecular flexibility index (Phi) is 8.66. The van der Waals surface area contributed by atoms with Gasteiger partial charge >= 0.3 is 11.9 Å². The van der Waals surface area contributed by atoms with Gasteiger partial charge in [-0.2, -0.15) is 0 Å². The summed E-state index contributed by atoms with van der Waals surface area (Å²) in [4.78, 5) is 33.2. The van der Waals surface area contributed by atoms with Gasteiger partial charge in [0.15, 0.2) is 0 Å². The largest absolute Gasteiger partial charge is 0.496 e. The zero-order valence-electron chi connectivity index (χ0n) is 17.8. The van der Waals surface area contributed by atoms with Crippen molar-refractivity contribution in [1.29, 1.82) is 0 Å². The van der Waals surface area contributed by atoms with Crippen LogP contribution >= 0.6 is 0 Å². The van der Waals surface area contributed by atoms with Gasteiger partial charge in [-0.25, -0.2) is 9.59 Å². The van der Waals surface area contributed by atoms with E-state index in [1.54, 1.807) is 26.0 Å². The van der Waals surface area contributed by atoms with Gasteiger partial charge in [0, 0.05) is 30.4 Å². The molecule has 9 nitrogen and oxygen atoms in total. The fraction of sp³-hybridized carbons (Fsp3) is 0.286. The number of nitrogens with two attached hydrogens (primary N) is 1. The molecule has 0 radical (unpaired) electrons. The number of carbonyl (C=O) groups is 3. The number of nitrogens with one attached hydrogen (secondary N) is 1. The van der Waals surface area contributed by atoms with Gasteiger partial charge in [0.2, 0.25) is 5.91 Å². The minimum absolute atomic E-state index is 0.134. The third-order valence-electron chi connectivity index (χ3n) is 4.08. The number of hydrogen-bond donors (Lipinski definition) is 3. The van der Waals surface area contributed by atoms with E-state index in [4.69, 9.17) is 20.3 Å². The van der Waals surface area contributed by atoms with Crippen molar-refractivity contribution >= 4 is 29.2 Å². The van der Waals surface area contributed by atoms with Crippen LogP contribution < -0.4 is 20.5 Å². The van der Waals surface area contributed by atoms with E-state index in [0.717, 1.165) is 11.1 Å². The lowest BCUT2D eigenvalue weighted by molar-refractivity contribution is -0.114. The van der Waals surface area contributed by atoms with Gasteiger partial charge in [-0.1, -0.05) is 0 Å². The molecule has 30 heavy (non-hydrogen) atoms. The molecule has 9 heteroatoms. The van der Waals surface area contributed by atoms with Gasteiger partial charge in [0.25, 0.3) is 0 Å². The average molecular weight is 418 g/mol. The second kappa shape index (κ2) is 10.7. The summed E-state index contributed by atoms with van der Waals surface area (Å²) >= 11 is 0. The zero-order chi connectivity index (χ0) is 23.0. The Morgan fingerprint density at radius 3 is 1.90 bits per heavy atom. The van der Waals surface area contributed by atoms with E-state index in [-0.39, 0.29) is 17.2 Å². The molecule has 4 N–H and O–H groups in total. The Balaban J connectivity index is 0.000000311. The standard InChI is InChI=1S/C12H15NO4.C9H11NO3/c1-7-5-9(12(15)17-4)11(16-3)6-10(7)13-8(2)14;1-5-3-6(9(11)12)8(13-2)4-7(5)10/h5-6H,1-4H3,(H,13,14);3-4H,10H2,1-2H3,(H,11,12). The second-order valence-corrected chi connectivity index (χ2v) is 6.25. The monoisotopic (exact) mass is 418 g/mol. The van der Waals surface area contributed by atoms with Crippen molar-refractivity contribution in [3.05, 3.63) is 46.5 Å². The zero-order valence-corrected chi connectivity index (χ0v) is 17.8. The van der Waals surface area contributed by atoms with Gasteiger partial charge < -0.3 is 30.4 Å². The fourth-order valence-electron chi connectivity index (χ4n) is 2.49. The highest BCUT2D eigenvalue weighted by Gasteiger charge is 2.16. The Labute approximate surface area is 174 Å². The minimum atomic E-state index is -1.01. The first kappa shape index (κ1) is 24.3. The first-order chi connectivity index (χ1) is 14.0. The molecule has 2 aromatic rings. The van der Waals surface area contributed by atoms with Crippen LogP contribution in [0.5, 0.6) is 11.5 Å². The molecule has 0 aliphatic rings. The summed E-state index contributed by atoms with van der Waals surface area (Å²) in [5, 5.41) is 11.5. The van der Waals surface area contributed by atoms with Crippen LogP contribution in [-0.2, 0) is 9.53 Å². The van der Waals surface area contributed by atoms with Crippen LogP contribution in [0.2, 0.25) is 0 Å². The number of carboxylic acid groups (broad SMARTS) is 1. The number of hydrogen-bond acceptors (Lipinski definition) is 7. The predicted octanol–water partition coefficient (Wildman–Crippen LogP) is 3.03. The topological polar surface area (TPSA) is 137 Å². The summed E-state index contributed by atoms with van der Waals surface area (Å²) in [7, 11) is 4.17. The van der Waals surface area contributed by atoms with Crippen molar-refractivity contribution in [2.24, 2.45) is 0 Å². The van der Waals surface area contributed by atoms with Crippen LogP contribution in [0, 0.1) is 13.8 Å². The molecule has 2 rings (SSSR count). The molecule has 0 atom stereocenters. The number of nitrogen functional groups attached to an aromatic ring is 1. The second-order valence-electron chi connectivity index (χ2n) is 6.25. The number of carboxylic acids is 1. The third-order valence-corrected chi connectivity index (χ3v) is 4.08. The molecule has 0 aromatic heterocycles. The summed E-state index contributed by atoms with van der Waals surface area (Å²) in [6.07, 6.45) is 0. The highest BCUT2D eigenvalue weighted by atomic mass is 16.5. The Morgan fingerprint density at radius 2 is 1.43 bits per heavy atom. The third kappa shape index (κ3) is 6.13. The van der Waals surface area contributed by atoms with Crippen LogP contribution in [0.3, 0.4) is 0 Å². The number of methoxy groups -OCH3 is 3. The summed E-state index contributed by atoms with van der Waals surface area (Å²) in [5.74, 6) is -1.01. The number of benzene rings is 2. The molecule has 162 valence electrons. The molecule has 0 aliphatic carbocycles. The van der Waals surface area contributed by atoms with Gasteiger partial charge in [0.05, 0.1) is 21.3 Å². The summed E-state index contributed by atoms with van der Waals surface area (Å²) in [6.45, 7) is 4.96. The molecule has 1 amide bonds. The van der Waals surface area contributed by atoms with Crippen molar-refractivity contribution in [2.45, 2.75) is 20.8 Å². The van der Waals surface area contributed by atoms with Gasteiger partial charge in [-0.3, -0.25) is 4.79 Å². The van der Waals surface area contributed by atoms with Crippen molar-refractivity contribution in [3.63, 3.8) is 0 Å². The lowest BCUT2D eigenvalue weighted by Gasteiger charge is -2.12. The molecule has 0 aliphatic heterocycles. The number of carbonyl (C=O) groups excluding carboxylic acids is 2. The van der Waals surface area contributed by atoms with Crippen LogP contribution in [0.4, 0.5) is 11.4 Å². The molecule has 0 fully saturated rings. The molecule has 0 bridgehead atoms. The SMILES string of the molecule is COC(=O)c1cc(C)c(NC(C)=O)cc1OC.COc1cc(N)c(C)cc1C(=O)O. The molecular weight excluding hydrogens is 392 g/mol. The summed E-state index contributed by atoms with van der Waals surface area (Å²) in [6, 6.07) is 6.23. The van der Waals surface area contributed by atoms with Crippen LogP contribution in [0.1, 0.15) is 38.8 Å². The van der Waals surface area contributed by atoms with E-state index in [1.165, 1.54) is 40.4 Å². The molecule has 0 saturated carbocycles. The molecule has 0 spiro atoms. The van der Waals surface area contributed by atoms with Gasteiger partial charge in [-0.05, 0) is 37.1 Å². The van der Waals surface area contributed by atoms with Crippen LogP contribution in [0.25, 0.3) is 0 Å². The van der Waals surface area contributed by atoms with E-state index in [2.05, 4.69) is 10.1 Å². The Bertz CT molecular complexity index is 955. The molecule has 2 aromatic carbocycles. The van der Waals surface area contributed by atoms with Crippen molar-refractivity contribution in [3.8, 4) is 11.5 Å². The van der Waals surface area contributed by atoms with E-state index >= 15 is 0 Å². The lowest BCUT2D eigenvalue weighted by atomic mass is 10.1. The van der Waals surface area contributed by atoms with Crippen LogP contribution in [0.15, 0.2) is 24.3 Å². The number of rotatable bonds is 5. The molecule has 0 heterocycles. The van der Waals surface area contributed by atoms with E-state index in [1.807, 2.05) is 0 Å². The van der Waals surface area contributed by atoms with Crippen LogP contribution in [-0.4, -0.2) is 44.3 Å². The highest BCUT2D eigenvalue weighted by Crippen LogP contribution is 2.27. The van der Waals surface area contributed by atoms with Crippen molar-refractivity contribution in [2.75, 3.05) is 32.4 Å². The maximum Gasteiger partial charge on any atom is 0.341 e. The lowest BCUT2D eigenvalue weighted by Crippen LogP contribution is -2.10. The molecule has 0 saturated heterocycles. The van der Waals surface area contributed by atoms with E-state index < -0.39 is 11.9 Å². The number of esters is 1. The summed E-state index contributed by atoms with van der Waals surface area (Å²) < 4.78 is 14.6. The Morgan fingerprint density at radius 1 is 0.900 bits per heavy atom. The normalized spacial score (nSPS) is 9.67. The number of ether oxygens (including phenoxy) is 3. The number of aromatic carboxylic acids is 1. The smallest absolute Gasteiger partial charge is 0.341 e. The highest BCUT2D eigenvalue weighted by molar-refractivity contribution is 5.96. The number of anilines is 2. The predicted molar refractivity (Wildman–Crippen MR) is 112 cm³/mol. The van der Waals surface area contributed by atoms with Gasteiger partial charge in [0.1, 0.15) is 22.6 Å². The fourth-order valence-corrected chi connectivity index (χ4v) is 2.49. The van der Waals surface area contributed by atoms with E-state index in [9.17, 15) is 14.4 Å². The summed E-state index contributed by atoms with van der Waals surface area (Å²) in [5.41, 5.74) is 8.70. The van der Waals surface area contributed by atoms with Crippen molar-refractivity contribution < 1.29 is 33.7 Å². The average Bonchev–Trinajstić information content (AvgIpc) is 2.70. The number of aryl methyl sites for hydroxylation is 2.